The van der Waals surface area contributed by atoms with Crippen LogP contribution in [0.4, 0.5) is 34.1 Å². The number of furan rings is 2. The fourth-order valence-electron chi connectivity index (χ4n) is 8.32. The van der Waals surface area contributed by atoms with Crippen molar-refractivity contribution >= 4 is 78.0 Å². The van der Waals surface area contributed by atoms with Gasteiger partial charge in [0.05, 0.1) is 0 Å². The van der Waals surface area contributed by atoms with Gasteiger partial charge in [0.2, 0.25) is 0 Å². The molecule has 4 heteroatoms. The Morgan fingerprint density at radius 3 is 1.29 bits per heavy atom. The Labute approximate surface area is 336 Å². The zero-order valence-electron chi connectivity index (χ0n) is 31.5. The molecule has 2 heterocycles. The van der Waals surface area contributed by atoms with Crippen molar-refractivity contribution < 1.29 is 8.83 Å². The van der Waals surface area contributed by atoms with E-state index in [0.717, 1.165) is 100 Å². The van der Waals surface area contributed by atoms with Gasteiger partial charge in [0.25, 0.3) is 0 Å². The monoisotopic (exact) mass is 744 g/mol. The summed E-state index contributed by atoms with van der Waals surface area (Å²) in [7, 11) is 0. The molecule has 0 bridgehead atoms. The molecule has 0 aliphatic heterocycles. The lowest BCUT2D eigenvalue weighted by atomic mass is 9.94. The predicted molar refractivity (Wildman–Crippen MR) is 241 cm³/mol. The van der Waals surface area contributed by atoms with Crippen LogP contribution in [0, 0.1) is 0 Å². The molecule has 0 unspecified atom stereocenters. The molecule has 0 saturated heterocycles. The summed E-state index contributed by atoms with van der Waals surface area (Å²) in [6.07, 6.45) is 0. The summed E-state index contributed by atoms with van der Waals surface area (Å²) in [4.78, 5) is 4.59. The van der Waals surface area contributed by atoms with Gasteiger partial charge in [-0.25, -0.2) is 0 Å². The van der Waals surface area contributed by atoms with Gasteiger partial charge in [-0.1, -0.05) is 115 Å². The average molecular weight is 745 g/mol. The first-order chi connectivity index (χ1) is 28.7. The van der Waals surface area contributed by atoms with Crippen molar-refractivity contribution in [3.8, 4) is 22.3 Å². The SMILES string of the molecule is c1ccc(N(c2ccccc2)c2ccc(-c3cc(-c4ccc(N(c5ccccc5)c5ccc6oc7ccccc7c6c5)cc4)cc4oc5ccccc5c34)cc2)cc1. The van der Waals surface area contributed by atoms with Gasteiger partial charge in [-0.15, -0.1) is 0 Å². The van der Waals surface area contributed by atoms with E-state index in [9.17, 15) is 0 Å². The van der Waals surface area contributed by atoms with E-state index < -0.39 is 0 Å². The van der Waals surface area contributed by atoms with E-state index in [0.29, 0.717) is 0 Å². The normalized spacial score (nSPS) is 11.4. The molecular formula is C54H36N2O2. The maximum atomic E-state index is 6.57. The lowest BCUT2D eigenvalue weighted by Crippen LogP contribution is -2.09. The molecule has 58 heavy (non-hydrogen) atoms. The molecule has 0 aliphatic rings. The number of benzene rings is 9. The molecule has 0 fully saturated rings. The highest BCUT2D eigenvalue weighted by Gasteiger charge is 2.19. The number of para-hydroxylation sites is 5. The molecule has 0 spiro atoms. The van der Waals surface area contributed by atoms with E-state index in [1.54, 1.807) is 0 Å². The van der Waals surface area contributed by atoms with Crippen LogP contribution >= 0.6 is 0 Å². The highest BCUT2D eigenvalue weighted by molar-refractivity contribution is 6.14. The van der Waals surface area contributed by atoms with Crippen molar-refractivity contribution in [1.82, 2.24) is 0 Å². The van der Waals surface area contributed by atoms with Crippen LogP contribution in [0.15, 0.2) is 227 Å². The van der Waals surface area contributed by atoms with Crippen LogP contribution < -0.4 is 9.80 Å². The number of nitrogens with zero attached hydrogens (tertiary/aromatic N) is 2. The molecule has 0 N–H and O–H groups in total. The molecule has 0 saturated carbocycles. The van der Waals surface area contributed by atoms with Crippen molar-refractivity contribution in [2.24, 2.45) is 0 Å². The van der Waals surface area contributed by atoms with Gasteiger partial charge in [-0.05, 0) is 125 Å². The zero-order valence-corrected chi connectivity index (χ0v) is 31.5. The molecule has 2 aromatic heterocycles. The molecule has 0 radical (unpaired) electrons. The van der Waals surface area contributed by atoms with Crippen LogP contribution in [0.5, 0.6) is 0 Å². The van der Waals surface area contributed by atoms with E-state index in [1.165, 1.54) is 0 Å². The van der Waals surface area contributed by atoms with Crippen molar-refractivity contribution in [3.05, 3.63) is 218 Å². The first kappa shape index (κ1) is 33.5. The van der Waals surface area contributed by atoms with E-state index >= 15 is 0 Å². The summed E-state index contributed by atoms with van der Waals surface area (Å²) in [5.74, 6) is 0. The zero-order chi connectivity index (χ0) is 38.4. The smallest absolute Gasteiger partial charge is 0.136 e. The second-order valence-electron chi connectivity index (χ2n) is 14.5. The molecule has 0 aliphatic carbocycles. The Balaban J connectivity index is 1.01. The predicted octanol–water partition coefficient (Wildman–Crippen LogP) is 15.8. The van der Waals surface area contributed by atoms with Crippen molar-refractivity contribution in [3.63, 3.8) is 0 Å². The van der Waals surface area contributed by atoms with Gasteiger partial charge in [-0.2, -0.15) is 0 Å². The third-order valence-electron chi connectivity index (χ3n) is 11.0. The Hall–Kier alpha value is -7.82. The first-order valence-electron chi connectivity index (χ1n) is 19.6. The van der Waals surface area contributed by atoms with E-state index in [1.807, 2.05) is 18.2 Å². The minimum Gasteiger partial charge on any atom is -0.456 e. The Morgan fingerprint density at radius 2 is 0.690 bits per heavy atom. The standard InChI is InChI=1S/C54H36N2O2/c1-4-14-40(15-5-1)55(41-16-6-2-7-17-41)43-30-26-38(27-31-43)48-34-39(35-53-54(48)47-21-11-13-23-51(47)58-53)37-24-28-44(29-25-37)56(42-18-8-3-9-19-42)45-32-33-52-49(36-45)46-20-10-12-22-50(46)57-52/h1-36H. The van der Waals surface area contributed by atoms with Gasteiger partial charge in [0, 0.05) is 55.7 Å². The van der Waals surface area contributed by atoms with Gasteiger partial charge in [-0.3, -0.25) is 0 Å². The summed E-state index contributed by atoms with van der Waals surface area (Å²) in [6, 6.07) is 76.8. The number of fused-ring (bicyclic) bond motifs is 6. The molecule has 11 rings (SSSR count). The molecule has 0 atom stereocenters. The van der Waals surface area contributed by atoms with Crippen LogP contribution in [0.25, 0.3) is 66.1 Å². The molecule has 274 valence electrons. The molecule has 9 aromatic carbocycles. The minimum absolute atomic E-state index is 0.864. The van der Waals surface area contributed by atoms with E-state index in [-0.39, 0.29) is 0 Å². The summed E-state index contributed by atoms with van der Waals surface area (Å²) in [5, 5.41) is 4.43. The second-order valence-corrected chi connectivity index (χ2v) is 14.5. The molecule has 0 amide bonds. The van der Waals surface area contributed by atoms with E-state index in [2.05, 4.69) is 210 Å². The van der Waals surface area contributed by atoms with Crippen molar-refractivity contribution in [2.45, 2.75) is 0 Å². The largest absolute Gasteiger partial charge is 0.456 e. The van der Waals surface area contributed by atoms with Gasteiger partial charge >= 0.3 is 0 Å². The maximum absolute atomic E-state index is 6.57. The lowest BCUT2D eigenvalue weighted by Gasteiger charge is -2.26. The minimum atomic E-state index is 0.864. The lowest BCUT2D eigenvalue weighted by molar-refractivity contribution is 0.668. The van der Waals surface area contributed by atoms with Crippen molar-refractivity contribution in [1.29, 1.82) is 0 Å². The van der Waals surface area contributed by atoms with E-state index in [4.69, 9.17) is 8.83 Å². The summed E-state index contributed by atoms with van der Waals surface area (Å²) < 4.78 is 12.7. The number of hydrogen-bond donors (Lipinski definition) is 0. The topological polar surface area (TPSA) is 32.8 Å². The molecular weight excluding hydrogens is 709 g/mol. The highest BCUT2D eigenvalue weighted by Crippen LogP contribution is 2.43. The number of hydrogen-bond acceptors (Lipinski definition) is 4. The number of rotatable bonds is 8. The summed E-state index contributed by atoms with van der Waals surface area (Å²) >= 11 is 0. The van der Waals surface area contributed by atoms with Crippen molar-refractivity contribution in [2.75, 3.05) is 9.80 Å². The third-order valence-corrected chi connectivity index (χ3v) is 11.0. The third kappa shape index (κ3) is 5.87. The first-order valence-corrected chi connectivity index (χ1v) is 19.6. The Bertz CT molecular complexity index is 3170. The van der Waals surface area contributed by atoms with Gasteiger partial charge in [0.15, 0.2) is 0 Å². The van der Waals surface area contributed by atoms with Crippen LogP contribution in [-0.2, 0) is 0 Å². The maximum Gasteiger partial charge on any atom is 0.136 e. The Kier molecular flexibility index (Phi) is 8.11. The van der Waals surface area contributed by atoms with Crippen LogP contribution in [0.2, 0.25) is 0 Å². The van der Waals surface area contributed by atoms with Crippen LogP contribution in [0.3, 0.4) is 0 Å². The second kappa shape index (κ2) is 14.0. The van der Waals surface area contributed by atoms with Gasteiger partial charge < -0.3 is 18.6 Å². The molecule has 11 aromatic rings. The number of anilines is 6. The van der Waals surface area contributed by atoms with Gasteiger partial charge in [0.1, 0.15) is 22.3 Å². The highest BCUT2D eigenvalue weighted by atomic mass is 16.3. The fraction of sp³-hybridized carbons (Fsp3) is 0. The summed E-state index contributed by atoms with van der Waals surface area (Å²) in [6.45, 7) is 0. The average Bonchev–Trinajstić information content (AvgIpc) is 3.86. The summed E-state index contributed by atoms with van der Waals surface area (Å²) in [5.41, 5.74) is 14.5. The quantitative estimate of drug-likeness (QED) is 0.155. The van der Waals surface area contributed by atoms with Crippen LogP contribution in [-0.4, -0.2) is 0 Å². The van der Waals surface area contributed by atoms with Crippen LogP contribution in [0.1, 0.15) is 0 Å². The fourth-order valence-corrected chi connectivity index (χ4v) is 8.32. The Morgan fingerprint density at radius 1 is 0.259 bits per heavy atom. The molecule has 4 nitrogen and oxygen atoms in total.